The molecule has 7 atom stereocenters. The van der Waals surface area contributed by atoms with Crippen LogP contribution in [0.15, 0.2) is 30.3 Å². The minimum atomic E-state index is -1.33. The normalized spacial score (nSPS) is 15.5. The molecule has 0 fully saturated rings. The van der Waals surface area contributed by atoms with Crippen LogP contribution in [0.2, 0.25) is 0 Å². The maximum Gasteiger partial charge on any atom is 0.308 e. The molecule has 0 aromatic heterocycles. The lowest BCUT2D eigenvalue weighted by molar-refractivity contribution is -0.143. The summed E-state index contributed by atoms with van der Waals surface area (Å²) in [5.41, 5.74) is 0.808. The highest BCUT2D eigenvalue weighted by Gasteiger charge is 2.34. The lowest BCUT2D eigenvalue weighted by Gasteiger charge is -2.31. The fourth-order valence-corrected chi connectivity index (χ4v) is 5.43. The Bertz CT molecular complexity index is 1270. The first-order valence-electron chi connectivity index (χ1n) is 17.9. The third kappa shape index (κ3) is 16.7. The molecule has 7 N–H and O–H groups in total. The molecular weight excluding hydrogens is 658 g/mol. The molecule has 288 valence electrons. The van der Waals surface area contributed by atoms with Gasteiger partial charge in [0.05, 0.1) is 44.2 Å². The van der Waals surface area contributed by atoms with Crippen LogP contribution in [0, 0.1) is 17.8 Å². The van der Waals surface area contributed by atoms with Crippen LogP contribution in [0.5, 0.6) is 0 Å². The number of methoxy groups -OCH3 is 1. The average Bonchev–Trinajstić information content (AvgIpc) is 3.05. The first-order chi connectivity index (χ1) is 23.9. The third-order valence-electron chi connectivity index (χ3n) is 8.37. The Balaban J connectivity index is 2.98. The predicted molar refractivity (Wildman–Crippen MR) is 193 cm³/mol. The van der Waals surface area contributed by atoms with Crippen LogP contribution in [0.25, 0.3) is 0 Å². The summed E-state index contributed by atoms with van der Waals surface area (Å²) in [6.45, 7) is 14.2. The van der Waals surface area contributed by atoms with E-state index in [9.17, 15) is 39.0 Å². The van der Waals surface area contributed by atoms with E-state index in [1.54, 1.807) is 27.7 Å². The van der Waals surface area contributed by atoms with E-state index in [2.05, 4.69) is 31.3 Å². The summed E-state index contributed by atoms with van der Waals surface area (Å²) in [6.07, 6.45) is -1.96. The zero-order valence-corrected chi connectivity index (χ0v) is 31.7. The van der Waals surface area contributed by atoms with E-state index >= 15 is 0 Å². The smallest absolute Gasteiger partial charge is 0.308 e. The van der Waals surface area contributed by atoms with Crippen molar-refractivity contribution in [1.29, 1.82) is 0 Å². The van der Waals surface area contributed by atoms with Crippen LogP contribution in [-0.4, -0.2) is 95.2 Å². The molecule has 5 amide bonds. The second-order valence-electron chi connectivity index (χ2n) is 14.2. The molecule has 1 aromatic carbocycles. The topological polar surface area (TPSA) is 212 Å². The first-order valence-corrected chi connectivity index (χ1v) is 17.9. The molecule has 0 saturated carbocycles. The number of nitrogens with one attached hydrogen (secondary N) is 5. The zero-order valence-electron chi connectivity index (χ0n) is 31.7. The molecule has 1 aromatic rings. The summed E-state index contributed by atoms with van der Waals surface area (Å²) in [4.78, 5) is 77.0. The molecule has 0 saturated heterocycles. The Morgan fingerprint density at radius 3 is 1.73 bits per heavy atom. The van der Waals surface area contributed by atoms with Crippen LogP contribution in [-0.2, 0) is 39.9 Å². The maximum atomic E-state index is 13.5. The Hall–Kier alpha value is -4.04. The van der Waals surface area contributed by atoms with Crippen LogP contribution in [0.4, 0.5) is 0 Å². The number of ether oxygens (including phenoxy) is 1. The number of aliphatic hydroxyl groups excluding tert-OH is 2. The van der Waals surface area contributed by atoms with Gasteiger partial charge in [0.2, 0.25) is 29.5 Å². The van der Waals surface area contributed by atoms with Crippen molar-refractivity contribution in [3.8, 4) is 0 Å². The lowest BCUT2D eigenvalue weighted by atomic mass is 9.95. The highest BCUT2D eigenvalue weighted by atomic mass is 16.5. The maximum absolute atomic E-state index is 13.5. The van der Waals surface area contributed by atoms with Crippen molar-refractivity contribution in [3.63, 3.8) is 0 Å². The van der Waals surface area contributed by atoms with Gasteiger partial charge in [-0.25, -0.2) is 0 Å². The van der Waals surface area contributed by atoms with Crippen molar-refractivity contribution in [2.75, 3.05) is 7.11 Å². The van der Waals surface area contributed by atoms with Crippen molar-refractivity contribution in [2.24, 2.45) is 17.8 Å². The van der Waals surface area contributed by atoms with Crippen LogP contribution >= 0.6 is 0 Å². The lowest BCUT2D eigenvalue weighted by Crippen LogP contribution is -2.59. The molecular formula is C37H61N5O9. The molecule has 0 spiro atoms. The van der Waals surface area contributed by atoms with Crippen molar-refractivity contribution >= 4 is 35.5 Å². The van der Waals surface area contributed by atoms with Crippen molar-refractivity contribution in [2.45, 2.75) is 136 Å². The van der Waals surface area contributed by atoms with Gasteiger partial charge in [0.15, 0.2) is 0 Å². The number of carbonyl (C=O) groups excluding carboxylic acids is 6. The molecule has 14 heteroatoms. The molecule has 0 aliphatic carbocycles. The minimum Gasteiger partial charge on any atom is -0.469 e. The number of carbonyl (C=O) groups is 6. The summed E-state index contributed by atoms with van der Waals surface area (Å²) in [5.74, 6) is -3.79. The van der Waals surface area contributed by atoms with Gasteiger partial charge in [-0.1, -0.05) is 78.8 Å². The molecule has 0 heterocycles. The largest absolute Gasteiger partial charge is 0.469 e. The zero-order chi connectivity index (χ0) is 38.8. The number of benzene rings is 1. The van der Waals surface area contributed by atoms with Crippen molar-refractivity contribution < 1.29 is 43.7 Å². The van der Waals surface area contributed by atoms with Crippen molar-refractivity contribution in [3.05, 3.63) is 35.9 Å². The molecule has 0 aliphatic heterocycles. The quantitative estimate of drug-likeness (QED) is 0.0865. The number of hydrogen-bond acceptors (Lipinski definition) is 9. The summed E-state index contributed by atoms with van der Waals surface area (Å²) < 4.78 is 4.66. The van der Waals surface area contributed by atoms with Gasteiger partial charge in [0, 0.05) is 6.42 Å². The summed E-state index contributed by atoms with van der Waals surface area (Å²) in [5, 5.41) is 35.4. The molecule has 14 nitrogen and oxygen atoms in total. The van der Waals surface area contributed by atoms with E-state index < -0.39 is 78.4 Å². The number of amides is 5. The molecule has 0 aliphatic rings. The number of hydrogen-bond donors (Lipinski definition) is 7. The van der Waals surface area contributed by atoms with E-state index in [1.807, 2.05) is 51.1 Å². The average molecular weight is 720 g/mol. The van der Waals surface area contributed by atoms with E-state index in [0.717, 1.165) is 5.56 Å². The van der Waals surface area contributed by atoms with Gasteiger partial charge in [-0.15, -0.1) is 0 Å². The van der Waals surface area contributed by atoms with Gasteiger partial charge < -0.3 is 41.5 Å². The Labute approximate surface area is 302 Å². The van der Waals surface area contributed by atoms with Crippen LogP contribution in [0.3, 0.4) is 0 Å². The second-order valence-corrected chi connectivity index (χ2v) is 14.2. The monoisotopic (exact) mass is 719 g/mol. The van der Waals surface area contributed by atoms with Gasteiger partial charge in [-0.05, 0) is 49.5 Å². The first kappa shape index (κ1) is 45.0. The summed E-state index contributed by atoms with van der Waals surface area (Å²) >= 11 is 0. The third-order valence-corrected chi connectivity index (χ3v) is 8.37. The van der Waals surface area contributed by atoms with Gasteiger partial charge in [-0.2, -0.15) is 0 Å². The summed E-state index contributed by atoms with van der Waals surface area (Å²) in [6, 6.07) is 4.44. The summed E-state index contributed by atoms with van der Waals surface area (Å²) in [7, 11) is 1.20. The van der Waals surface area contributed by atoms with E-state index in [4.69, 9.17) is 0 Å². The van der Waals surface area contributed by atoms with E-state index in [-0.39, 0.29) is 42.9 Å². The molecule has 1 rings (SSSR count). The standard InChI is InChI=1S/C37H61N5O9/c1-10-14-30(45)41-33(22(4)5)37(50)42-34(23(6)7)36(49)40-26(17-21(2)3)28(43)19-31(46)38-24(8)35(48)39-27(29(44)20-32(47)51-9)18-25-15-12-11-13-16-25/h11-13,15-16,21-24,26-29,33-34,43-44H,10,14,17-20H2,1-9H3,(H,38,46)(H,39,48)(H,40,49)(H,41,45)(H,42,50)/t24-,26-,27+,28+,29+,33+,34-/m0/s1. The Kier molecular flexibility index (Phi) is 20.0. The van der Waals surface area contributed by atoms with Crippen LogP contribution in [0.1, 0.15) is 93.1 Å². The second kappa shape index (κ2) is 22.7. The van der Waals surface area contributed by atoms with E-state index in [1.165, 1.54) is 14.0 Å². The molecule has 0 radical (unpaired) electrons. The SMILES string of the molecule is CCCC(=O)N[C@@H](C(=O)N[C@H](C(=O)N[C@@H](CC(C)C)[C@H](O)CC(=O)N[C@@H](C)C(=O)N[C@H](Cc1ccccc1)[C@H](O)CC(=O)OC)C(C)C)C(C)C. The van der Waals surface area contributed by atoms with Gasteiger partial charge in [-0.3, -0.25) is 28.8 Å². The van der Waals surface area contributed by atoms with Crippen molar-refractivity contribution in [1.82, 2.24) is 26.6 Å². The number of aliphatic hydroxyl groups is 2. The highest BCUT2D eigenvalue weighted by molar-refractivity contribution is 5.92. The predicted octanol–water partition coefficient (Wildman–Crippen LogP) is 1.51. The highest BCUT2D eigenvalue weighted by Crippen LogP contribution is 2.14. The van der Waals surface area contributed by atoms with Gasteiger partial charge >= 0.3 is 5.97 Å². The van der Waals surface area contributed by atoms with E-state index in [0.29, 0.717) is 12.8 Å². The fourth-order valence-electron chi connectivity index (χ4n) is 5.43. The number of rotatable bonds is 22. The Morgan fingerprint density at radius 2 is 1.20 bits per heavy atom. The molecule has 0 bridgehead atoms. The molecule has 51 heavy (non-hydrogen) atoms. The van der Waals surface area contributed by atoms with Crippen LogP contribution < -0.4 is 26.6 Å². The van der Waals surface area contributed by atoms with Gasteiger partial charge in [0.1, 0.15) is 18.1 Å². The number of esters is 1. The minimum absolute atomic E-state index is 0.0156. The molecule has 0 unspecified atom stereocenters. The Morgan fingerprint density at radius 1 is 0.667 bits per heavy atom. The van der Waals surface area contributed by atoms with Gasteiger partial charge in [0.25, 0.3) is 0 Å². The fraction of sp³-hybridized carbons (Fsp3) is 0.676.